The molecule has 0 fully saturated rings. The molecule has 9 nitrogen and oxygen atoms in total. The number of methoxy groups -OCH3 is 1. The van der Waals surface area contributed by atoms with Crippen molar-refractivity contribution < 1.29 is 23.8 Å². The van der Waals surface area contributed by atoms with Gasteiger partial charge in [-0.2, -0.15) is 0 Å². The van der Waals surface area contributed by atoms with Crippen LogP contribution in [0.1, 0.15) is 30.0 Å². The lowest BCUT2D eigenvalue weighted by molar-refractivity contribution is -0.142. The third kappa shape index (κ3) is 4.06. The molecule has 134 valence electrons. The van der Waals surface area contributed by atoms with Crippen molar-refractivity contribution in [3.8, 4) is 11.4 Å². The maximum absolute atomic E-state index is 12.1. The predicted molar refractivity (Wildman–Crippen MR) is 88.6 cm³/mol. The molecule has 0 amide bonds. The Morgan fingerprint density at radius 1 is 1.20 bits per heavy atom. The number of hydrogen-bond donors (Lipinski definition) is 1. The molecule has 0 unspecified atom stereocenters. The molecule has 2 aromatic rings. The van der Waals surface area contributed by atoms with Gasteiger partial charge in [-0.1, -0.05) is 5.21 Å². The van der Waals surface area contributed by atoms with Crippen LogP contribution in [0, 0.1) is 0 Å². The number of carbonyl (C=O) groups is 2. The first kappa shape index (κ1) is 18.2. The summed E-state index contributed by atoms with van der Waals surface area (Å²) in [6.07, 6.45) is -0.203. The van der Waals surface area contributed by atoms with Crippen LogP contribution >= 0.6 is 0 Å². The zero-order valence-electron chi connectivity index (χ0n) is 14.3. The Morgan fingerprint density at radius 2 is 1.92 bits per heavy atom. The maximum Gasteiger partial charge on any atom is 0.360 e. The molecular weight excluding hydrogens is 328 g/mol. The van der Waals surface area contributed by atoms with Gasteiger partial charge in [0, 0.05) is 6.07 Å². The lowest BCUT2D eigenvalue weighted by Crippen LogP contribution is -2.16. The Bertz CT molecular complexity index is 772. The van der Waals surface area contributed by atoms with Crippen LogP contribution in [-0.4, -0.2) is 47.3 Å². The number of nitrogen functional groups attached to an aromatic ring is 1. The van der Waals surface area contributed by atoms with Gasteiger partial charge in [0.2, 0.25) is 0 Å². The first-order valence-corrected chi connectivity index (χ1v) is 7.73. The molecule has 0 saturated heterocycles. The Morgan fingerprint density at radius 3 is 2.56 bits per heavy atom. The smallest absolute Gasteiger partial charge is 0.360 e. The number of esters is 2. The fraction of sp³-hybridized carbons (Fsp3) is 0.375. The molecule has 0 saturated carbocycles. The van der Waals surface area contributed by atoms with E-state index in [2.05, 4.69) is 10.3 Å². The SMILES string of the molecule is CCOC(=O)Cc1c(C(=O)OCC)nnn1-c1cc(OC)ccc1N. The summed E-state index contributed by atoms with van der Waals surface area (Å²) in [5.74, 6) is -0.646. The van der Waals surface area contributed by atoms with E-state index < -0.39 is 11.9 Å². The summed E-state index contributed by atoms with van der Waals surface area (Å²) in [6.45, 7) is 3.76. The normalized spacial score (nSPS) is 10.4. The van der Waals surface area contributed by atoms with Crippen molar-refractivity contribution in [3.05, 3.63) is 29.6 Å². The molecule has 0 aliphatic rings. The second-order valence-corrected chi connectivity index (χ2v) is 4.92. The lowest BCUT2D eigenvalue weighted by atomic mass is 10.2. The second kappa shape index (κ2) is 8.13. The average molecular weight is 348 g/mol. The number of carbonyl (C=O) groups excluding carboxylic acids is 2. The Balaban J connectivity index is 2.54. The second-order valence-electron chi connectivity index (χ2n) is 4.92. The molecule has 1 aromatic carbocycles. The first-order valence-electron chi connectivity index (χ1n) is 7.73. The average Bonchev–Trinajstić information content (AvgIpc) is 2.99. The van der Waals surface area contributed by atoms with Crippen LogP contribution in [-0.2, 0) is 20.7 Å². The number of nitrogens with two attached hydrogens (primary N) is 1. The van der Waals surface area contributed by atoms with E-state index in [4.69, 9.17) is 19.9 Å². The van der Waals surface area contributed by atoms with Crippen LogP contribution in [0.5, 0.6) is 5.75 Å². The van der Waals surface area contributed by atoms with Crippen molar-refractivity contribution in [1.29, 1.82) is 0 Å². The van der Waals surface area contributed by atoms with E-state index in [-0.39, 0.29) is 31.0 Å². The molecular formula is C16H20N4O5. The van der Waals surface area contributed by atoms with Gasteiger partial charge in [0.15, 0.2) is 5.69 Å². The van der Waals surface area contributed by atoms with Crippen LogP contribution in [0.2, 0.25) is 0 Å². The zero-order chi connectivity index (χ0) is 18.4. The van der Waals surface area contributed by atoms with Gasteiger partial charge in [-0.05, 0) is 26.0 Å². The highest BCUT2D eigenvalue weighted by Gasteiger charge is 2.25. The molecule has 0 radical (unpaired) electrons. The van der Waals surface area contributed by atoms with Crippen LogP contribution < -0.4 is 10.5 Å². The molecule has 1 heterocycles. The number of aromatic nitrogens is 3. The number of ether oxygens (including phenoxy) is 3. The van der Waals surface area contributed by atoms with Crippen molar-refractivity contribution in [1.82, 2.24) is 15.0 Å². The highest BCUT2D eigenvalue weighted by atomic mass is 16.5. The monoisotopic (exact) mass is 348 g/mol. The molecule has 2 rings (SSSR count). The van der Waals surface area contributed by atoms with E-state index in [0.29, 0.717) is 17.1 Å². The number of benzene rings is 1. The lowest BCUT2D eigenvalue weighted by Gasteiger charge is -2.11. The molecule has 0 aliphatic carbocycles. The summed E-state index contributed by atoms with van der Waals surface area (Å²) in [5, 5.41) is 7.82. The van der Waals surface area contributed by atoms with Gasteiger partial charge in [0.05, 0.1) is 43.8 Å². The van der Waals surface area contributed by atoms with Crippen LogP contribution in [0.25, 0.3) is 5.69 Å². The van der Waals surface area contributed by atoms with Gasteiger partial charge in [0.25, 0.3) is 0 Å². The van der Waals surface area contributed by atoms with Crippen molar-refractivity contribution in [3.63, 3.8) is 0 Å². The third-order valence-electron chi connectivity index (χ3n) is 3.31. The molecule has 0 atom stereocenters. The van der Waals surface area contributed by atoms with Crippen molar-refractivity contribution in [2.24, 2.45) is 0 Å². The summed E-state index contributed by atoms with van der Waals surface area (Å²) in [6, 6.07) is 4.95. The minimum Gasteiger partial charge on any atom is -0.497 e. The fourth-order valence-electron chi connectivity index (χ4n) is 2.19. The van der Waals surface area contributed by atoms with E-state index in [1.54, 1.807) is 32.0 Å². The van der Waals surface area contributed by atoms with E-state index in [0.717, 1.165) is 0 Å². The first-order chi connectivity index (χ1) is 12.0. The summed E-state index contributed by atoms with van der Waals surface area (Å²) < 4.78 is 16.4. The Hall–Kier alpha value is -3.10. The fourth-order valence-corrected chi connectivity index (χ4v) is 2.19. The quantitative estimate of drug-likeness (QED) is 0.584. The van der Waals surface area contributed by atoms with Gasteiger partial charge >= 0.3 is 11.9 Å². The highest BCUT2D eigenvalue weighted by molar-refractivity contribution is 5.90. The van der Waals surface area contributed by atoms with Crippen LogP contribution in [0.4, 0.5) is 5.69 Å². The van der Waals surface area contributed by atoms with Crippen molar-refractivity contribution in [2.45, 2.75) is 20.3 Å². The molecule has 9 heteroatoms. The van der Waals surface area contributed by atoms with Gasteiger partial charge < -0.3 is 19.9 Å². The molecule has 2 N–H and O–H groups in total. The number of rotatable bonds is 7. The molecule has 1 aromatic heterocycles. The van der Waals surface area contributed by atoms with E-state index >= 15 is 0 Å². The Kier molecular flexibility index (Phi) is 5.93. The molecule has 25 heavy (non-hydrogen) atoms. The summed E-state index contributed by atoms with van der Waals surface area (Å²) in [7, 11) is 1.51. The standard InChI is InChI=1S/C16H20N4O5/c1-4-24-14(21)9-13-15(16(22)25-5-2)18-19-20(13)12-8-10(23-3)6-7-11(12)17/h6-8H,4-5,9,17H2,1-3H3. The summed E-state index contributed by atoms with van der Waals surface area (Å²) >= 11 is 0. The highest BCUT2D eigenvalue weighted by Crippen LogP contribution is 2.25. The Labute approximate surface area is 144 Å². The third-order valence-corrected chi connectivity index (χ3v) is 3.31. The number of hydrogen-bond acceptors (Lipinski definition) is 8. The van der Waals surface area contributed by atoms with E-state index in [9.17, 15) is 9.59 Å². The van der Waals surface area contributed by atoms with Crippen LogP contribution in [0.15, 0.2) is 18.2 Å². The minimum absolute atomic E-state index is 0.0582. The van der Waals surface area contributed by atoms with E-state index in [1.165, 1.54) is 11.8 Å². The number of anilines is 1. The van der Waals surface area contributed by atoms with Crippen molar-refractivity contribution in [2.75, 3.05) is 26.1 Å². The summed E-state index contributed by atoms with van der Waals surface area (Å²) in [5.41, 5.74) is 6.99. The predicted octanol–water partition coefficient (Wildman–Crippen LogP) is 1.14. The molecule has 0 aliphatic heterocycles. The zero-order valence-corrected chi connectivity index (χ0v) is 14.3. The van der Waals surface area contributed by atoms with Gasteiger partial charge in [-0.25, -0.2) is 9.48 Å². The topological polar surface area (TPSA) is 119 Å². The minimum atomic E-state index is -0.672. The van der Waals surface area contributed by atoms with Crippen molar-refractivity contribution >= 4 is 17.6 Å². The molecule has 0 bridgehead atoms. The van der Waals surface area contributed by atoms with Gasteiger partial charge in [0.1, 0.15) is 5.75 Å². The van der Waals surface area contributed by atoms with E-state index in [1.807, 2.05) is 0 Å². The number of nitrogens with zero attached hydrogens (tertiary/aromatic N) is 3. The maximum atomic E-state index is 12.1. The van der Waals surface area contributed by atoms with Gasteiger partial charge in [-0.15, -0.1) is 5.10 Å². The molecule has 0 spiro atoms. The van der Waals surface area contributed by atoms with Gasteiger partial charge in [-0.3, -0.25) is 4.79 Å². The summed E-state index contributed by atoms with van der Waals surface area (Å²) in [4.78, 5) is 24.0. The largest absolute Gasteiger partial charge is 0.497 e. The van der Waals surface area contributed by atoms with Crippen LogP contribution in [0.3, 0.4) is 0 Å².